The van der Waals surface area contributed by atoms with Crippen molar-refractivity contribution in [3.8, 4) is 0 Å². The van der Waals surface area contributed by atoms with Crippen molar-refractivity contribution in [3.05, 3.63) is 12.2 Å². The molecule has 1 N–H and O–H groups in total. The average molecular weight is 154 g/mol. The van der Waals surface area contributed by atoms with Crippen LogP contribution in [0.1, 0.15) is 33.1 Å². The van der Waals surface area contributed by atoms with Crippen molar-refractivity contribution in [1.82, 2.24) is 0 Å². The van der Waals surface area contributed by atoms with E-state index in [9.17, 15) is 5.11 Å². The van der Waals surface area contributed by atoms with Gasteiger partial charge in [0.15, 0.2) is 0 Å². The molecule has 1 heteroatoms. The van der Waals surface area contributed by atoms with Crippen molar-refractivity contribution >= 4 is 0 Å². The van der Waals surface area contributed by atoms with Crippen LogP contribution in [0.15, 0.2) is 12.2 Å². The predicted molar refractivity (Wildman–Crippen MR) is 47.3 cm³/mol. The van der Waals surface area contributed by atoms with Gasteiger partial charge < -0.3 is 5.11 Å². The number of aliphatic hydroxyl groups is 1. The lowest BCUT2D eigenvalue weighted by Gasteiger charge is -2.31. The second-order valence-electron chi connectivity index (χ2n) is 3.97. The highest BCUT2D eigenvalue weighted by Gasteiger charge is 2.26. The van der Waals surface area contributed by atoms with Crippen molar-refractivity contribution in [2.45, 2.75) is 39.2 Å². The summed E-state index contributed by atoms with van der Waals surface area (Å²) < 4.78 is 0. The molecule has 64 valence electrons. The highest BCUT2D eigenvalue weighted by Crippen LogP contribution is 2.32. The molecule has 0 aromatic rings. The first kappa shape index (κ1) is 8.79. The van der Waals surface area contributed by atoms with Gasteiger partial charge in [-0.15, -0.1) is 0 Å². The van der Waals surface area contributed by atoms with E-state index in [2.05, 4.69) is 20.4 Å². The summed E-state index contributed by atoms with van der Waals surface area (Å²) in [4.78, 5) is 0. The van der Waals surface area contributed by atoms with Crippen molar-refractivity contribution in [1.29, 1.82) is 0 Å². The van der Waals surface area contributed by atoms with Gasteiger partial charge in [0.2, 0.25) is 0 Å². The normalized spacial score (nSPS) is 32.9. The smallest absolute Gasteiger partial charge is 0.0607 e. The first-order valence-corrected chi connectivity index (χ1v) is 4.46. The second-order valence-corrected chi connectivity index (χ2v) is 3.97. The molecular weight excluding hydrogens is 136 g/mol. The number of hydrogen-bond donors (Lipinski definition) is 1. The van der Waals surface area contributed by atoms with E-state index in [4.69, 9.17) is 0 Å². The SMILES string of the molecule is C=C1CC[C@H](C(C)C)[C@@H](O)C1. The molecule has 1 fully saturated rings. The second kappa shape index (κ2) is 3.40. The van der Waals surface area contributed by atoms with Gasteiger partial charge in [0.1, 0.15) is 0 Å². The fourth-order valence-electron chi connectivity index (χ4n) is 1.89. The molecule has 1 nitrogen and oxygen atoms in total. The van der Waals surface area contributed by atoms with Gasteiger partial charge in [0, 0.05) is 0 Å². The highest BCUT2D eigenvalue weighted by molar-refractivity contribution is 5.02. The zero-order chi connectivity index (χ0) is 8.43. The van der Waals surface area contributed by atoms with E-state index in [0.29, 0.717) is 11.8 Å². The monoisotopic (exact) mass is 154 g/mol. The molecular formula is C10H18O. The van der Waals surface area contributed by atoms with E-state index in [1.807, 2.05) is 0 Å². The molecule has 1 rings (SSSR count). The third kappa shape index (κ3) is 2.06. The molecule has 0 aromatic carbocycles. The summed E-state index contributed by atoms with van der Waals surface area (Å²) in [5.74, 6) is 1.11. The van der Waals surface area contributed by atoms with Crippen LogP contribution >= 0.6 is 0 Å². The van der Waals surface area contributed by atoms with Gasteiger partial charge in [-0.25, -0.2) is 0 Å². The van der Waals surface area contributed by atoms with Crippen LogP contribution in [0.2, 0.25) is 0 Å². The molecule has 0 heterocycles. The predicted octanol–water partition coefficient (Wildman–Crippen LogP) is 2.36. The minimum Gasteiger partial charge on any atom is -0.392 e. The molecule has 1 aliphatic rings. The zero-order valence-electron chi connectivity index (χ0n) is 7.51. The first-order valence-electron chi connectivity index (χ1n) is 4.46. The fraction of sp³-hybridized carbons (Fsp3) is 0.800. The molecule has 0 aliphatic heterocycles. The largest absolute Gasteiger partial charge is 0.392 e. The van der Waals surface area contributed by atoms with Gasteiger partial charge in [-0.1, -0.05) is 26.0 Å². The lowest BCUT2D eigenvalue weighted by Crippen LogP contribution is -2.29. The standard InChI is InChI=1S/C10H18O/c1-7(2)9-5-4-8(3)6-10(9)11/h7,9-11H,3-6H2,1-2H3/t9-,10+/m1/s1. The molecule has 0 bridgehead atoms. The summed E-state index contributed by atoms with van der Waals surface area (Å²) in [6.45, 7) is 8.26. The Balaban J connectivity index is 2.50. The third-order valence-corrected chi connectivity index (χ3v) is 2.68. The third-order valence-electron chi connectivity index (χ3n) is 2.68. The van der Waals surface area contributed by atoms with Crippen LogP contribution in [0, 0.1) is 11.8 Å². The Kier molecular flexibility index (Phi) is 2.72. The Hall–Kier alpha value is -0.300. The topological polar surface area (TPSA) is 20.2 Å². The minimum atomic E-state index is -0.128. The van der Waals surface area contributed by atoms with Crippen molar-refractivity contribution in [2.75, 3.05) is 0 Å². The summed E-state index contributed by atoms with van der Waals surface area (Å²) in [7, 11) is 0. The highest BCUT2D eigenvalue weighted by atomic mass is 16.3. The lowest BCUT2D eigenvalue weighted by atomic mass is 9.78. The minimum absolute atomic E-state index is 0.128. The summed E-state index contributed by atoms with van der Waals surface area (Å²) >= 11 is 0. The van der Waals surface area contributed by atoms with Crippen LogP contribution in [0.5, 0.6) is 0 Å². The Morgan fingerprint density at radius 3 is 2.64 bits per heavy atom. The summed E-state index contributed by atoms with van der Waals surface area (Å²) in [6.07, 6.45) is 2.93. The molecule has 0 spiro atoms. The molecule has 0 radical (unpaired) electrons. The maximum Gasteiger partial charge on any atom is 0.0607 e. The zero-order valence-corrected chi connectivity index (χ0v) is 7.51. The lowest BCUT2D eigenvalue weighted by molar-refractivity contribution is 0.0627. The Labute approximate surface area is 69.1 Å². The number of hydrogen-bond acceptors (Lipinski definition) is 1. The summed E-state index contributed by atoms with van der Waals surface area (Å²) in [6, 6.07) is 0. The molecule has 1 saturated carbocycles. The maximum absolute atomic E-state index is 9.65. The van der Waals surface area contributed by atoms with Crippen LogP contribution in [-0.4, -0.2) is 11.2 Å². The molecule has 0 amide bonds. The summed E-state index contributed by atoms with van der Waals surface area (Å²) in [5, 5.41) is 9.65. The van der Waals surface area contributed by atoms with E-state index in [-0.39, 0.29) is 6.10 Å². The van der Waals surface area contributed by atoms with E-state index >= 15 is 0 Å². The van der Waals surface area contributed by atoms with E-state index in [1.54, 1.807) is 0 Å². The van der Waals surface area contributed by atoms with Gasteiger partial charge in [-0.3, -0.25) is 0 Å². The molecule has 0 aromatic heterocycles. The van der Waals surface area contributed by atoms with Crippen LogP contribution in [0.25, 0.3) is 0 Å². The van der Waals surface area contributed by atoms with Gasteiger partial charge >= 0.3 is 0 Å². The van der Waals surface area contributed by atoms with Crippen molar-refractivity contribution < 1.29 is 5.11 Å². The number of rotatable bonds is 1. The first-order chi connectivity index (χ1) is 5.11. The molecule has 1 aliphatic carbocycles. The Bertz CT molecular complexity index is 149. The Morgan fingerprint density at radius 2 is 2.18 bits per heavy atom. The van der Waals surface area contributed by atoms with Crippen LogP contribution in [-0.2, 0) is 0 Å². The average Bonchev–Trinajstić information content (AvgIpc) is 1.85. The molecule has 11 heavy (non-hydrogen) atoms. The van der Waals surface area contributed by atoms with Gasteiger partial charge in [0.05, 0.1) is 6.10 Å². The van der Waals surface area contributed by atoms with Crippen LogP contribution in [0.4, 0.5) is 0 Å². The van der Waals surface area contributed by atoms with Gasteiger partial charge in [-0.2, -0.15) is 0 Å². The molecule has 0 saturated heterocycles. The van der Waals surface area contributed by atoms with Crippen molar-refractivity contribution in [3.63, 3.8) is 0 Å². The van der Waals surface area contributed by atoms with E-state index in [1.165, 1.54) is 5.57 Å². The number of aliphatic hydroxyl groups excluding tert-OH is 1. The molecule has 0 unspecified atom stereocenters. The van der Waals surface area contributed by atoms with E-state index in [0.717, 1.165) is 19.3 Å². The van der Waals surface area contributed by atoms with Crippen LogP contribution < -0.4 is 0 Å². The fourth-order valence-corrected chi connectivity index (χ4v) is 1.89. The van der Waals surface area contributed by atoms with Gasteiger partial charge in [0.25, 0.3) is 0 Å². The van der Waals surface area contributed by atoms with Crippen molar-refractivity contribution in [2.24, 2.45) is 11.8 Å². The van der Waals surface area contributed by atoms with E-state index < -0.39 is 0 Å². The quantitative estimate of drug-likeness (QED) is 0.575. The Morgan fingerprint density at radius 1 is 1.55 bits per heavy atom. The maximum atomic E-state index is 9.65. The van der Waals surface area contributed by atoms with Crippen LogP contribution in [0.3, 0.4) is 0 Å². The summed E-state index contributed by atoms with van der Waals surface area (Å²) in [5.41, 5.74) is 1.22. The molecule has 2 atom stereocenters. The van der Waals surface area contributed by atoms with Gasteiger partial charge in [-0.05, 0) is 31.1 Å².